The van der Waals surface area contributed by atoms with Crippen molar-refractivity contribution in [2.24, 2.45) is 0 Å². The molecule has 0 fully saturated rings. The van der Waals surface area contributed by atoms with Crippen LogP contribution in [0.15, 0.2) is 46.9 Å². The lowest BCUT2D eigenvalue weighted by atomic mass is 9.92. The Balaban J connectivity index is 1.81. The molecule has 0 saturated heterocycles. The van der Waals surface area contributed by atoms with Crippen molar-refractivity contribution in [1.29, 1.82) is 0 Å². The molecule has 21 heavy (non-hydrogen) atoms. The van der Waals surface area contributed by atoms with Crippen LogP contribution in [0.25, 0.3) is 0 Å². The van der Waals surface area contributed by atoms with Crippen LogP contribution in [0, 0.1) is 6.92 Å². The largest absolute Gasteiger partial charge is 0.388 e. The molecular formula is C18H19BrO2. The molecule has 0 amide bonds. The first-order valence-corrected chi connectivity index (χ1v) is 8.07. The third-order valence-corrected chi connectivity index (χ3v) is 4.44. The Hall–Kier alpha value is -1.16. The van der Waals surface area contributed by atoms with E-state index in [0.717, 1.165) is 28.6 Å². The third kappa shape index (κ3) is 3.37. The lowest BCUT2D eigenvalue weighted by Crippen LogP contribution is -2.18. The van der Waals surface area contributed by atoms with E-state index in [9.17, 15) is 5.11 Å². The van der Waals surface area contributed by atoms with E-state index in [1.165, 1.54) is 11.1 Å². The van der Waals surface area contributed by atoms with Crippen molar-refractivity contribution in [3.63, 3.8) is 0 Å². The number of ether oxygens (including phenoxy) is 1. The van der Waals surface area contributed by atoms with Crippen molar-refractivity contribution < 1.29 is 9.84 Å². The maximum atomic E-state index is 10.5. The summed E-state index contributed by atoms with van der Waals surface area (Å²) in [5.74, 6) is 0. The van der Waals surface area contributed by atoms with Crippen molar-refractivity contribution in [2.45, 2.75) is 32.0 Å². The number of benzene rings is 2. The van der Waals surface area contributed by atoms with Crippen LogP contribution >= 0.6 is 15.9 Å². The highest BCUT2D eigenvalue weighted by molar-refractivity contribution is 9.10. The molecule has 0 radical (unpaired) electrons. The summed E-state index contributed by atoms with van der Waals surface area (Å²) in [5.41, 5.74) is 4.64. The van der Waals surface area contributed by atoms with Crippen LogP contribution in [0.5, 0.6) is 0 Å². The summed E-state index contributed by atoms with van der Waals surface area (Å²) in [6, 6.07) is 14.4. The number of hydrogen-bond donors (Lipinski definition) is 1. The van der Waals surface area contributed by atoms with E-state index in [1.807, 2.05) is 31.2 Å². The van der Waals surface area contributed by atoms with Gasteiger partial charge in [-0.1, -0.05) is 46.3 Å². The molecular weight excluding hydrogens is 328 g/mol. The first-order valence-electron chi connectivity index (χ1n) is 7.28. The van der Waals surface area contributed by atoms with Crippen molar-refractivity contribution >= 4 is 15.9 Å². The number of halogens is 1. The molecule has 1 heterocycles. The van der Waals surface area contributed by atoms with Gasteiger partial charge in [-0.15, -0.1) is 0 Å². The lowest BCUT2D eigenvalue weighted by molar-refractivity contribution is 0.00374. The summed E-state index contributed by atoms with van der Waals surface area (Å²) < 4.78 is 6.89. The Bertz CT molecular complexity index is 619. The summed E-state index contributed by atoms with van der Waals surface area (Å²) in [6.45, 7) is 2.76. The Morgan fingerprint density at radius 1 is 1.29 bits per heavy atom. The van der Waals surface area contributed by atoms with Gasteiger partial charge in [0.15, 0.2) is 0 Å². The van der Waals surface area contributed by atoms with E-state index in [4.69, 9.17) is 4.74 Å². The fourth-order valence-electron chi connectivity index (χ4n) is 2.97. The number of fused-ring (bicyclic) bond motifs is 1. The summed E-state index contributed by atoms with van der Waals surface area (Å²) in [7, 11) is 0. The normalized spacial score (nSPS) is 19.1. The Morgan fingerprint density at radius 3 is 2.90 bits per heavy atom. The fourth-order valence-corrected chi connectivity index (χ4v) is 3.59. The van der Waals surface area contributed by atoms with E-state index >= 15 is 0 Å². The zero-order chi connectivity index (χ0) is 14.8. The van der Waals surface area contributed by atoms with E-state index in [-0.39, 0.29) is 6.10 Å². The first kappa shape index (κ1) is 14.8. The molecule has 3 heteroatoms. The number of aryl methyl sites for hydroxylation is 1. The predicted octanol–water partition coefficient (Wildman–Crippen LogP) is 4.50. The molecule has 2 nitrogen and oxygen atoms in total. The topological polar surface area (TPSA) is 29.5 Å². The minimum atomic E-state index is -0.516. The molecule has 0 aliphatic carbocycles. The highest BCUT2D eigenvalue weighted by Gasteiger charge is 2.24. The van der Waals surface area contributed by atoms with Gasteiger partial charge in [0, 0.05) is 10.9 Å². The minimum absolute atomic E-state index is 0.0239. The van der Waals surface area contributed by atoms with E-state index < -0.39 is 6.10 Å². The predicted molar refractivity (Wildman–Crippen MR) is 87.3 cm³/mol. The Morgan fingerprint density at radius 2 is 2.10 bits per heavy atom. The number of hydrogen-bond acceptors (Lipinski definition) is 2. The van der Waals surface area contributed by atoms with Gasteiger partial charge in [0.25, 0.3) is 0 Å². The molecule has 0 aromatic heterocycles. The van der Waals surface area contributed by atoms with Crippen LogP contribution in [-0.2, 0) is 11.2 Å². The molecule has 2 aromatic rings. The quantitative estimate of drug-likeness (QED) is 0.886. The van der Waals surface area contributed by atoms with Gasteiger partial charge in [-0.2, -0.15) is 0 Å². The molecule has 3 rings (SSSR count). The van der Waals surface area contributed by atoms with Crippen LogP contribution in [0.3, 0.4) is 0 Å². The molecule has 1 aliphatic heterocycles. The summed E-state index contributed by atoms with van der Waals surface area (Å²) in [5, 5.41) is 10.5. The summed E-state index contributed by atoms with van der Waals surface area (Å²) in [6.07, 6.45) is 1.01. The summed E-state index contributed by atoms with van der Waals surface area (Å²) in [4.78, 5) is 0. The summed E-state index contributed by atoms with van der Waals surface area (Å²) >= 11 is 3.49. The van der Waals surface area contributed by atoms with Crippen LogP contribution in [0.2, 0.25) is 0 Å². The molecule has 2 aromatic carbocycles. The lowest BCUT2D eigenvalue weighted by Gasteiger charge is -2.28. The molecule has 1 N–H and O–H groups in total. The zero-order valence-electron chi connectivity index (χ0n) is 12.1. The van der Waals surface area contributed by atoms with Gasteiger partial charge < -0.3 is 9.84 Å². The van der Waals surface area contributed by atoms with Crippen molar-refractivity contribution in [3.8, 4) is 0 Å². The fraction of sp³-hybridized carbons (Fsp3) is 0.333. The number of rotatable bonds is 3. The maximum Gasteiger partial charge on any atom is 0.0855 e. The molecule has 2 atom stereocenters. The monoisotopic (exact) mass is 346 g/mol. The van der Waals surface area contributed by atoms with Crippen LogP contribution in [0.1, 0.15) is 40.9 Å². The average Bonchev–Trinajstić information content (AvgIpc) is 2.46. The second kappa shape index (κ2) is 6.30. The van der Waals surface area contributed by atoms with Gasteiger partial charge >= 0.3 is 0 Å². The van der Waals surface area contributed by atoms with E-state index in [2.05, 4.69) is 34.1 Å². The molecule has 110 valence electrons. The van der Waals surface area contributed by atoms with Crippen LogP contribution in [-0.4, -0.2) is 11.7 Å². The highest BCUT2D eigenvalue weighted by Crippen LogP contribution is 2.35. The second-order valence-electron chi connectivity index (χ2n) is 5.62. The SMILES string of the molecule is Cc1cc(Br)cc(C(O)CC2OCCc3ccccc32)c1. The minimum Gasteiger partial charge on any atom is -0.388 e. The van der Waals surface area contributed by atoms with Crippen LogP contribution in [0.4, 0.5) is 0 Å². The van der Waals surface area contributed by atoms with Gasteiger partial charge in [0.2, 0.25) is 0 Å². The molecule has 0 spiro atoms. The van der Waals surface area contributed by atoms with Gasteiger partial charge in [-0.3, -0.25) is 0 Å². The van der Waals surface area contributed by atoms with Crippen LogP contribution < -0.4 is 0 Å². The molecule has 1 aliphatic rings. The van der Waals surface area contributed by atoms with Gasteiger partial charge in [0.1, 0.15) is 0 Å². The van der Waals surface area contributed by atoms with Crippen molar-refractivity contribution in [2.75, 3.05) is 6.61 Å². The standard InChI is InChI=1S/C18H19BrO2/c1-12-8-14(10-15(19)9-12)17(20)11-18-16-5-3-2-4-13(16)6-7-21-18/h2-5,8-10,17-18,20H,6-7,11H2,1H3. The first-order chi connectivity index (χ1) is 10.1. The Kier molecular flexibility index (Phi) is 4.43. The smallest absolute Gasteiger partial charge is 0.0855 e. The second-order valence-corrected chi connectivity index (χ2v) is 6.54. The Labute approximate surface area is 133 Å². The average molecular weight is 347 g/mol. The highest BCUT2D eigenvalue weighted by atomic mass is 79.9. The zero-order valence-corrected chi connectivity index (χ0v) is 13.6. The molecule has 2 unspecified atom stereocenters. The third-order valence-electron chi connectivity index (χ3n) is 3.98. The maximum absolute atomic E-state index is 10.5. The van der Waals surface area contributed by atoms with Gasteiger partial charge in [0.05, 0.1) is 18.8 Å². The van der Waals surface area contributed by atoms with Crippen molar-refractivity contribution in [1.82, 2.24) is 0 Å². The number of aliphatic hydroxyl groups excluding tert-OH is 1. The molecule has 0 saturated carbocycles. The van der Waals surface area contributed by atoms with E-state index in [1.54, 1.807) is 0 Å². The van der Waals surface area contributed by atoms with Crippen molar-refractivity contribution in [3.05, 3.63) is 69.2 Å². The van der Waals surface area contributed by atoms with Gasteiger partial charge in [-0.25, -0.2) is 0 Å². The number of aliphatic hydroxyl groups is 1. The van der Waals surface area contributed by atoms with E-state index in [0.29, 0.717) is 6.42 Å². The molecule has 0 bridgehead atoms. The van der Waals surface area contributed by atoms with Gasteiger partial charge in [-0.05, 0) is 47.7 Å².